The zero-order valence-corrected chi connectivity index (χ0v) is 11.4. The van der Waals surface area contributed by atoms with Crippen LogP contribution in [0.4, 0.5) is 0 Å². The Bertz CT molecular complexity index is 621. The van der Waals surface area contributed by atoms with E-state index < -0.39 is 0 Å². The molecule has 6 rings (SSSR count). The van der Waals surface area contributed by atoms with Crippen LogP contribution in [0.5, 0.6) is 0 Å². The Labute approximate surface area is 120 Å². The monoisotopic (exact) mass is 258 g/mol. The molecule has 0 bridgehead atoms. The zero-order chi connectivity index (χ0) is 12.8. The summed E-state index contributed by atoms with van der Waals surface area (Å²) in [4.78, 5) is 0. The van der Waals surface area contributed by atoms with Crippen molar-refractivity contribution in [2.24, 2.45) is 47.3 Å². The second-order valence-corrected chi connectivity index (χ2v) is 7.30. The largest absolute Gasteiger partial charge is 0.0807 e. The van der Waals surface area contributed by atoms with Crippen LogP contribution in [0.3, 0.4) is 0 Å². The molecule has 0 aromatic rings. The SMILES string of the molecule is C1=CC2C=C(C3=CC4C=CC5C=CC3[C@H]54)C3C=CC1[C@H]23. The van der Waals surface area contributed by atoms with Gasteiger partial charge in [0.1, 0.15) is 0 Å². The average Bonchev–Trinajstić information content (AvgIpc) is 3.18. The average molecular weight is 258 g/mol. The van der Waals surface area contributed by atoms with Crippen LogP contribution in [-0.4, -0.2) is 0 Å². The topological polar surface area (TPSA) is 0 Å². The number of hydrogen-bond donors (Lipinski definition) is 0. The van der Waals surface area contributed by atoms with E-state index in [9.17, 15) is 0 Å². The molecule has 20 heavy (non-hydrogen) atoms. The standard InChI is InChI=1S/C20H18/c1-3-13-9-17(15-7-5-11(1)19(13)15)18-10-14-4-2-12-6-8-16(18)20(12)14/h1-16,19-20H/t11?,12?,13?,14?,15?,16?,19-,20-/m1/s1. The number of hydrogen-bond acceptors (Lipinski definition) is 0. The van der Waals surface area contributed by atoms with Crippen molar-refractivity contribution in [3.8, 4) is 0 Å². The van der Waals surface area contributed by atoms with Crippen LogP contribution in [0.25, 0.3) is 0 Å². The Morgan fingerprint density at radius 2 is 0.850 bits per heavy atom. The minimum Gasteiger partial charge on any atom is -0.0807 e. The van der Waals surface area contributed by atoms with Gasteiger partial charge in [0, 0.05) is 11.8 Å². The lowest BCUT2D eigenvalue weighted by Gasteiger charge is -2.22. The van der Waals surface area contributed by atoms with Gasteiger partial charge in [-0.2, -0.15) is 0 Å². The van der Waals surface area contributed by atoms with Crippen molar-refractivity contribution in [1.82, 2.24) is 0 Å². The third-order valence-electron chi connectivity index (χ3n) is 6.60. The summed E-state index contributed by atoms with van der Waals surface area (Å²) in [6.07, 6.45) is 24.8. The van der Waals surface area contributed by atoms with E-state index >= 15 is 0 Å². The van der Waals surface area contributed by atoms with Crippen molar-refractivity contribution in [3.63, 3.8) is 0 Å². The molecule has 0 nitrogen and oxygen atoms in total. The van der Waals surface area contributed by atoms with Crippen molar-refractivity contribution in [1.29, 1.82) is 0 Å². The first-order valence-electron chi connectivity index (χ1n) is 8.07. The molecular formula is C20H18. The Hall–Kier alpha value is -1.56. The molecule has 0 saturated heterocycles. The third-order valence-corrected chi connectivity index (χ3v) is 6.60. The molecule has 0 aliphatic heterocycles. The van der Waals surface area contributed by atoms with Crippen molar-refractivity contribution in [2.45, 2.75) is 0 Å². The molecule has 0 heteroatoms. The molecule has 0 aromatic carbocycles. The zero-order valence-electron chi connectivity index (χ0n) is 11.4. The fourth-order valence-electron chi connectivity index (χ4n) is 5.80. The Morgan fingerprint density at radius 1 is 0.450 bits per heavy atom. The molecule has 0 heterocycles. The summed E-state index contributed by atoms with van der Waals surface area (Å²) in [5.41, 5.74) is 3.34. The Balaban J connectivity index is 1.47. The molecule has 6 aliphatic rings. The lowest BCUT2D eigenvalue weighted by molar-refractivity contribution is 0.398. The molecule has 8 atom stereocenters. The fraction of sp³-hybridized carbons (Fsp3) is 0.400. The molecular weight excluding hydrogens is 240 g/mol. The van der Waals surface area contributed by atoms with Crippen molar-refractivity contribution < 1.29 is 0 Å². The Morgan fingerprint density at radius 3 is 1.35 bits per heavy atom. The maximum absolute atomic E-state index is 2.59. The molecule has 98 valence electrons. The minimum absolute atomic E-state index is 0.696. The van der Waals surface area contributed by atoms with Gasteiger partial charge in [-0.05, 0) is 46.7 Å². The fourth-order valence-corrected chi connectivity index (χ4v) is 5.80. The van der Waals surface area contributed by atoms with E-state index in [1.54, 1.807) is 11.1 Å². The predicted octanol–water partition coefficient (Wildman–Crippen LogP) is 4.08. The normalized spacial score (nSPS) is 54.8. The molecule has 0 N–H and O–H groups in total. The Kier molecular flexibility index (Phi) is 1.63. The van der Waals surface area contributed by atoms with E-state index in [1.807, 2.05) is 0 Å². The third kappa shape index (κ3) is 1.01. The van der Waals surface area contributed by atoms with E-state index in [0.29, 0.717) is 35.5 Å². The lowest BCUT2D eigenvalue weighted by atomic mass is 9.81. The van der Waals surface area contributed by atoms with Crippen molar-refractivity contribution >= 4 is 0 Å². The van der Waals surface area contributed by atoms with Crippen LogP contribution < -0.4 is 0 Å². The van der Waals surface area contributed by atoms with Crippen LogP contribution in [0.1, 0.15) is 0 Å². The highest BCUT2D eigenvalue weighted by Crippen LogP contribution is 2.59. The van der Waals surface area contributed by atoms with E-state index in [4.69, 9.17) is 0 Å². The van der Waals surface area contributed by atoms with Crippen LogP contribution in [0.15, 0.2) is 71.9 Å². The first-order valence-corrected chi connectivity index (χ1v) is 8.07. The molecule has 0 fully saturated rings. The van der Waals surface area contributed by atoms with Crippen LogP contribution >= 0.6 is 0 Å². The second kappa shape index (κ2) is 3.19. The minimum atomic E-state index is 0.696. The first kappa shape index (κ1) is 10.2. The summed E-state index contributed by atoms with van der Waals surface area (Å²) in [5, 5.41) is 0. The number of rotatable bonds is 1. The lowest BCUT2D eigenvalue weighted by Crippen LogP contribution is -2.16. The smallest absolute Gasteiger partial charge is 0.00636 e. The highest BCUT2D eigenvalue weighted by molar-refractivity contribution is 5.53. The van der Waals surface area contributed by atoms with Crippen molar-refractivity contribution in [2.75, 3.05) is 0 Å². The molecule has 0 radical (unpaired) electrons. The predicted molar refractivity (Wildman–Crippen MR) is 80.6 cm³/mol. The van der Waals surface area contributed by atoms with Crippen LogP contribution in [0.2, 0.25) is 0 Å². The van der Waals surface area contributed by atoms with E-state index in [-0.39, 0.29) is 0 Å². The molecule has 0 amide bonds. The van der Waals surface area contributed by atoms with Crippen LogP contribution in [0, 0.1) is 47.3 Å². The summed E-state index contributed by atoms with van der Waals surface area (Å²) >= 11 is 0. The van der Waals surface area contributed by atoms with Gasteiger partial charge >= 0.3 is 0 Å². The summed E-state index contributed by atoms with van der Waals surface area (Å²) in [6, 6.07) is 0. The van der Waals surface area contributed by atoms with Gasteiger partial charge in [-0.3, -0.25) is 0 Å². The van der Waals surface area contributed by atoms with E-state index in [1.165, 1.54) is 0 Å². The first-order chi connectivity index (χ1) is 9.90. The molecule has 6 unspecified atom stereocenters. The van der Waals surface area contributed by atoms with E-state index in [2.05, 4.69) is 60.8 Å². The van der Waals surface area contributed by atoms with Gasteiger partial charge in [0.2, 0.25) is 0 Å². The van der Waals surface area contributed by atoms with Crippen LogP contribution in [-0.2, 0) is 0 Å². The second-order valence-electron chi connectivity index (χ2n) is 7.30. The molecule has 0 aromatic heterocycles. The maximum Gasteiger partial charge on any atom is 0.00636 e. The van der Waals surface area contributed by atoms with Gasteiger partial charge in [0.25, 0.3) is 0 Å². The van der Waals surface area contributed by atoms with Gasteiger partial charge in [0.05, 0.1) is 0 Å². The maximum atomic E-state index is 2.59. The quantitative estimate of drug-likeness (QED) is 0.622. The van der Waals surface area contributed by atoms with Gasteiger partial charge in [-0.25, -0.2) is 0 Å². The molecule has 6 aliphatic carbocycles. The van der Waals surface area contributed by atoms with E-state index in [0.717, 1.165) is 11.8 Å². The summed E-state index contributed by atoms with van der Waals surface area (Å²) in [6.45, 7) is 0. The summed E-state index contributed by atoms with van der Waals surface area (Å²) in [7, 11) is 0. The highest BCUT2D eigenvalue weighted by atomic mass is 14.5. The van der Waals surface area contributed by atoms with Gasteiger partial charge in [0.15, 0.2) is 0 Å². The van der Waals surface area contributed by atoms with Gasteiger partial charge in [-0.1, -0.05) is 60.8 Å². The van der Waals surface area contributed by atoms with Gasteiger partial charge in [-0.15, -0.1) is 0 Å². The highest BCUT2D eigenvalue weighted by Gasteiger charge is 2.50. The van der Waals surface area contributed by atoms with Crippen molar-refractivity contribution in [3.05, 3.63) is 71.9 Å². The molecule has 0 spiro atoms. The van der Waals surface area contributed by atoms with Gasteiger partial charge < -0.3 is 0 Å². The number of allylic oxidation sites excluding steroid dienone is 12. The summed E-state index contributed by atoms with van der Waals surface area (Å²) < 4.78 is 0. The molecule has 0 saturated carbocycles. The summed E-state index contributed by atoms with van der Waals surface area (Å²) in [5.74, 6) is 5.87.